The molecule has 2 heterocycles. The molecule has 5 rings (SSSR count). The Hall–Kier alpha value is -2.17. The molecule has 0 radical (unpaired) electrons. The van der Waals surface area contributed by atoms with Crippen molar-refractivity contribution in [2.45, 2.75) is 44.4 Å². The lowest BCUT2D eigenvalue weighted by atomic mass is 10.0. The number of carbonyl (C=O) groups is 1. The van der Waals surface area contributed by atoms with Crippen LogP contribution in [0.2, 0.25) is 0 Å². The van der Waals surface area contributed by atoms with Crippen molar-refractivity contribution in [3.05, 3.63) is 59.7 Å². The zero-order valence-electron chi connectivity index (χ0n) is 16.4. The molecule has 2 aliphatic heterocycles. The molecule has 2 aromatic rings. The van der Waals surface area contributed by atoms with E-state index in [-0.39, 0.29) is 11.9 Å². The lowest BCUT2D eigenvalue weighted by molar-refractivity contribution is -0.0581. The van der Waals surface area contributed by atoms with Crippen LogP contribution in [-0.4, -0.2) is 48.7 Å². The number of aryl methyl sites for hydroxylation is 1. The second-order valence-electron chi connectivity index (χ2n) is 8.67. The van der Waals surface area contributed by atoms with E-state index in [2.05, 4.69) is 47.5 Å². The molecule has 3 atom stereocenters. The number of amides is 1. The van der Waals surface area contributed by atoms with Crippen molar-refractivity contribution in [2.75, 3.05) is 19.7 Å². The summed E-state index contributed by atoms with van der Waals surface area (Å²) in [5, 5.41) is 3.27. The van der Waals surface area contributed by atoms with E-state index in [0.717, 1.165) is 48.7 Å². The van der Waals surface area contributed by atoms with E-state index in [0.29, 0.717) is 12.1 Å². The smallest absolute Gasteiger partial charge is 0.251 e. The van der Waals surface area contributed by atoms with Gasteiger partial charge in [-0.3, -0.25) is 9.69 Å². The topological polar surface area (TPSA) is 41.6 Å². The molecule has 3 fully saturated rings. The second-order valence-corrected chi connectivity index (χ2v) is 8.67. The molecular formula is C24H28N2O2. The number of morpholine rings is 1. The summed E-state index contributed by atoms with van der Waals surface area (Å²) < 4.78 is 6.07. The standard InChI is InChI=1S/C24H28N2O2/c1-16-4-2-5-18(10-16)19-6-3-7-20(11-19)24(27)25-21-12-22-15-28-23(17-8-9-17)14-26(22)13-21/h2-7,10-11,17,21-23H,8-9,12-15H2,1H3,(H,25,27)/t21-,22-,23+/m0/s1. The summed E-state index contributed by atoms with van der Waals surface area (Å²) in [4.78, 5) is 15.4. The minimum absolute atomic E-state index is 0.0269. The fraction of sp³-hybridized carbons (Fsp3) is 0.458. The van der Waals surface area contributed by atoms with Gasteiger partial charge < -0.3 is 10.1 Å². The van der Waals surface area contributed by atoms with E-state index >= 15 is 0 Å². The Bertz CT molecular complexity index is 876. The summed E-state index contributed by atoms with van der Waals surface area (Å²) in [5.41, 5.74) is 4.19. The van der Waals surface area contributed by atoms with Crippen LogP contribution in [0.5, 0.6) is 0 Å². The van der Waals surface area contributed by atoms with Crippen LogP contribution in [0.1, 0.15) is 35.2 Å². The van der Waals surface area contributed by atoms with E-state index < -0.39 is 0 Å². The van der Waals surface area contributed by atoms with Crippen molar-refractivity contribution in [1.29, 1.82) is 0 Å². The van der Waals surface area contributed by atoms with E-state index in [1.165, 1.54) is 18.4 Å². The highest BCUT2D eigenvalue weighted by Gasteiger charge is 2.42. The van der Waals surface area contributed by atoms with Gasteiger partial charge in [-0.2, -0.15) is 0 Å². The molecule has 4 heteroatoms. The summed E-state index contributed by atoms with van der Waals surface area (Å²) in [5.74, 6) is 0.804. The maximum atomic E-state index is 12.9. The third kappa shape index (κ3) is 3.71. The first-order chi connectivity index (χ1) is 13.7. The minimum atomic E-state index is 0.0269. The van der Waals surface area contributed by atoms with Crippen LogP contribution in [0.25, 0.3) is 11.1 Å². The number of nitrogens with one attached hydrogen (secondary N) is 1. The molecule has 2 saturated heterocycles. The molecular weight excluding hydrogens is 348 g/mol. The van der Waals surface area contributed by atoms with Gasteiger partial charge in [0.15, 0.2) is 0 Å². The van der Waals surface area contributed by atoms with E-state index in [1.54, 1.807) is 0 Å². The predicted octanol–water partition coefficient (Wildman–Crippen LogP) is 3.64. The Morgan fingerprint density at radius 3 is 2.64 bits per heavy atom. The van der Waals surface area contributed by atoms with Crippen molar-refractivity contribution < 1.29 is 9.53 Å². The number of carbonyl (C=O) groups excluding carboxylic acids is 1. The lowest BCUT2D eigenvalue weighted by Gasteiger charge is -2.35. The highest BCUT2D eigenvalue weighted by molar-refractivity contribution is 5.95. The van der Waals surface area contributed by atoms with Crippen molar-refractivity contribution in [1.82, 2.24) is 10.2 Å². The number of hydrogen-bond acceptors (Lipinski definition) is 3. The molecule has 146 valence electrons. The fourth-order valence-corrected chi connectivity index (χ4v) is 4.69. The lowest BCUT2D eigenvalue weighted by Crippen LogP contribution is -2.47. The van der Waals surface area contributed by atoms with Crippen molar-refractivity contribution in [2.24, 2.45) is 5.92 Å². The van der Waals surface area contributed by atoms with Gasteiger partial charge in [-0.25, -0.2) is 0 Å². The maximum Gasteiger partial charge on any atom is 0.251 e. The molecule has 0 bridgehead atoms. The summed E-state index contributed by atoms with van der Waals surface area (Å²) >= 11 is 0. The molecule has 1 aliphatic carbocycles. The number of nitrogens with zero attached hydrogens (tertiary/aromatic N) is 1. The van der Waals surface area contributed by atoms with Crippen LogP contribution in [-0.2, 0) is 4.74 Å². The van der Waals surface area contributed by atoms with Gasteiger partial charge in [-0.05, 0) is 55.4 Å². The van der Waals surface area contributed by atoms with Crippen LogP contribution in [0.15, 0.2) is 48.5 Å². The van der Waals surface area contributed by atoms with Gasteiger partial charge >= 0.3 is 0 Å². The predicted molar refractivity (Wildman–Crippen MR) is 110 cm³/mol. The SMILES string of the molecule is Cc1cccc(-c2cccc(C(=O)N[C@H]3C[C@H]4CO[C@@H](C5CC5)CN4C3)c2)c1. The third-order valence-electron chi connectivity index (χ3n) is 6.40. The Morgan fingerprint density at radius 2 is 1.86 bits per heavy atom. The van der Waals surface area contributed by atoms with Gasteiger partial charge in [-0.15, -0.1) is 0 Å². The first-order valence-electron chi connectivity index (χ1n) is 10.5. The quantitative estimate of drug-likeness (QED) is 0.886. The number of fused-ring (bicyclic) bond motifs is 1. The van der Waals surface area contributed by atoms with Crippen molar-refractivity contribution in [3.63, 3.8) is 0 Å². The van der Waals surface area contributed by atoms with E-state index in [4.69, 9.17) is 4.74 Å². The average Bonchev–Trinajstić information content (AvgIpc) is 3.48. The average molecular weight is 377 g/mol. The largest absolute Gasteiger partial charge is 0.375 e. The van der Waals surface area contributed by atoms with Crippen LogP contribution in [0.4, 0.5) is 0 Å². The Balaban J connectivity index is 1.24. The van der Waals surface area contributed by atoms with Crippen LogP contribution in [0, 0.1) is 12.8 Å². The van der Waals surface area contributed by atoms with E-state index in [9.17, 15) is 4.79 Å². The first kappa shape index (κ1) is 17.9. The first-order valence-corrected chi connectivity index (χ1v) is 10.5. The molecule has 28 heavy (non-hydrogen) atoms. The van der Waals surface area contributed by atoms with Gasteiger partial charge in [0.1, 0.15) is 0 Å². The number of benzene rings is 2. The molecule has 1 N–H and O–H groups in total. The fourth-order valence-electron chi connectivity index (χ4n) is 4.69. The highest BCUT2D eigenvalue weighted by Crippen LogP contribution is 2.37. The van der Waals surface area contributed by atoms with Crippen LogP contribution >= 0.6 is 0 Å². The van der Waals surface area contributed by atoms with Gasteiger partial charge in [0.25, 0.3) is 5.91 Å². The molecule has 4 nitrogen and oxygen atoms in total. The van der Waals surface area contributed by atoms with Crippen LogP contribution in [0.3, 0.4) is 0 Å². The Kier molecular flexibility index (Phi) is 4.69. The summed E-state index contributed by atoms with van der Waals surface area (Å²) in [7, 11) is 0. The number of hydrogen-bond donors (Lipinski definition) is 1. The van der Waals surface area contributed by atoms with Gasteiger partial charge in [0.05, 0.1) is 12.7 Å². The Labute approximate surface area is 166 Å². The second kappa shape index (κ2) is 7.34. The maximum absolute atomic E-state index is 12.9. The zero-order chi connectivity index (χ0) is 19.1. The van der Waals surface area contributed by atoms with Crippen molar-refractivity contribution >= 4 is 5.91 Å². The molecule has 0 aromatic heterocycles. The highest BCUT2D eigenvalue weighted by atomic mass is 16.5. The molecule has 3 aliphatic rings. The van der Waals surface area contributed by atoms with Gasteiger partial charge in [0.2, 0.25) is 0 Å². The normalized spacial score (nSPS) is 27.4. The summed E-state index contributed by atoms with van der Waals surface area (Å²) in [6, 6.07) is 17.0. The third-order valence-corrected chi connectivity index (χ3v) is 6.40. The zero-order valence-corrected chi connectivity index (χ0v) is 16.4. The molecule has 0 spiro atoms. The number of ether oxygens (including phenoxy) is 1. The Morgan fingerprint density at radius 1 is 1.07 bits per heavy atom. The molecule has 1 amide bonds. The number of rotatable bonds is 4. The molecule has 2 aromatic carbocycles. The minimum Gasteiger partial charge on any atom is -0.375 e. The molecule has 1 saturated carbocycles. The monoisotopic (exact) mass is 376 g/mol. The van der Waals surface area contributed by atoms with Crippen molar-refractivity contribution in [3.8, 4) is 11.1 Å². The summed E-state index contributed by atoms with van der Waals surface area (Å²) in [6.07, 6.45) is 4.04. The van der Waals surface area contributed by atoms with Crippen LogP contribution < -0.4 is 5.32 Å². The van der Waals surface area contributed by atoms with E-state index in [1.807, 2.05) is 18.2 Å². The van der Waals surface area contributed by atoms with Gasteiger partial charge in [0, 0.05) is 30.7 Å². The molecule has 0 unspecified atom stereocenters. The van der Waals surface area contributed by atoms with Gasteiger partial charge in [-0.1, -0.05) is 42.0 Å². The summed E-state index contributed by atoms with van der Waals surface area (Å²) in [6.45, 7) is 4.88.